The van der Waals surface area contributed by atoms with Crippen LogP contribution in [0.3, 0.4) is 0 Å². The number of carbonyl (C=O) groups excluding carboxylic acids is 1. The molecule has 0 aliphatic carbocycles. The molecule has 1 heterocycles. The summed E-state index contributed by atoms with van der Waals surface area (Å²) in [6, 6.07) is 4.07. The molecular formula is C14H15BrFN5O5S. The first-order chi connectivity index (χ1) is 12.9. The lowest BCUT2D eigenvalue weighted by molar-refractivity contribution is -0.119. The van der Waals surface area contributed by atoms with Gasteiger partial charge in [0.05, 0.1) is 22.9 Å². The van der Waals surface area contributed by atoms with Gasteiger partial charge in [-0.2, -0.15) is 0 Å². The van der Waals surface area contributed by atoms with Crippen LogP contribution >= 0.6 is 27.7 Å². The van der Waals surface area contributed by atoms with Crippen LogP contribution in [0.15, 0.2) is 37.5 Å². The third-order valence-corrected chi connectivity index (χ3v) is 4.61. The molecule has 1 atom stereocenters. The van der Waals surface area contributed by atoms with E-state index in [4.69, 9.17) is 5.11 Å². The number of hydrogen-bond donors (Lipinski definition) is 5. The minimum absolute atomic E-state index is 0.0474. The van der Waals surface area contributed by atoms with Gasteiger partial charge >= 0.3 is 0 Å². The number of benzene rings is 1. The Balaban J connectivity index is 2.01. The van der Waals surface area contributed by atoms with E-state index in [0.29, 0.717) is 5.69 Å². The number of aliphatic hydroxyl groups excluding tert-OH is 2. The van der Waals surface area contributed by atoms with Crippen molar-refractivity contribution in [2.45, 2.75) is 11.1 Å². The fraction of sp³-hybridized carbons (Fsp3) is 0.286. The maximum atomic E-state index is 13.3. The molecule has 0 unspecified atom stereocenters. The largest absolute Gasteiger partial charge is 0.409 e. The molecule has 0 bridgehead atoms. The van der Waals surface area contributed by atoms with Gasteiger partial charge in [-0.25, -0.2) is 9.02 Å². The van der Waals surface area contributed by atoms with Crippen LogP contribution in [-0.4, -0.2) is 62.5 Å². The summed E-state index contributed by atoms with van der Waals surface area (Å²) < 4.78 is 18.1. The Morgan fingerprint density at radius 1 is 1.44 bits per heavy atom. The quantitative estimate of drug-likeness (QED) is 0.125. The van der Waals surface area contributed by atoms with E-state index >= 15 is 0 Å². The first-order valence-electron chi connectivity index (χ1n) is 7.40. The third kappa shape index (κ3) is 6.16. The topological polar surface area (TPSA) is 153 Å². The van der Waals surface area contributed by atoms with Gasteiger partial charge in [0.25, 0.3) is 0 Å². The van der Waals surface area contributed by atoms with Crippen LogP contribution < -0.4 is 10.6 Å². The van der Waals surface area contributed by atoms with Crippen molar-refractivity contribution >= 4 is 45.1 Å². The van der Waals surface area contributed by atoms with Crippen molar-refractivity contribution in [3.63, 3.8) is 0 Å². The van der Waals surface area contributed by atoms with Gasteiger partial charge in [-0.05, 0) is 44.4 Å². The summed E-state index contributed by atoms with van der Waals surface area (Å²) in [5.74, 6) is -1.08. The monoisotopic (exact) mass is 463 g/mol. The zero-order chi connectivity index (χ0) is 19.8. The molecule has 146 valence electrons. The number of oxime groups is 1. The Bertz CT molecular complexity index is 821. The van der Waals surface area contributed by atoms with Gasteiger partial charge in [-0.3, -0.25) is 4.79 Å². The first-order valence-corrected chi connectivity index (χ1v) is 9.18. The number of rotatable bonds is 8. The van der Waals surface area contributed by atoms with Crippen molar-refractivity contribution in [1.29, 1.82) is 0 Å². The van der Waals surface area contributed by atoms with Crippen LogP contribution in [0.1, 0.15) is 5.69 Å². The Hall–Kier alpha value is -2.22. The van der Waals surface area contributed by atoms with Crippen molar-refractivity contribution in [2.75, 3.05) is 24.2 Å². The molecule has 0 saturated heterocycles. The van der Waals surface area contributed by atoms with E-state index in [9.17, 15) is 19.5 Å². The van der Waals surface area contributed by atoms with Crippen LogP contribution in [0.25, 0.3) is 0 Å². The number of aromatic nitrogens is 2. The second kappa shape index (κ2) is 10.2. The van der Waals surface area contributed by atoms with Crippen LogP contribution in [0.4, 0.5) is 10.1 Å². The van der Waals surface area contributed by atoms with Crippen molar-refractivity contribution in [2.24, 2.45) is 5.16 Å². The van der Waals surface area contributed by atoms with Crippen LogP contribution in [0, 0.1) is 5.82 Å². The Morgan fingerprint density at radius 2 is 2.22 bits per heavy atom. The van der Waals surface area contributed by atoms with E-state index in [0.717, 1.165) is 11.8 Å². The molecule has 0 saturated carbocycles. The average molecular weight is 464 g/mol. The summed E-state index contributed by atoms with van der Waals surface area (Å²) in [5.41, 5.74) is 0.455. The number of halogens is 2. The van der Waals surface area contributed by atoms with Crippen molar-refractivity contribution < 1.29 is 29.2 Å². The fourth-order valence-electron chi connectivity index (χ4n) is 1.74. The highest BCUT2D eigenvalue weighted by molar-refractivity contribution is 9.10. The van der Waals surface area contributed by atoms with Gasteiger partial charge in [0, 0.05) is 12.2 Å². The summed E-state index contributed by atoms with van der Waals surface area (Å²) in [4.78, 5) is 11.7. The number of nitrogens with one attached hydrogen (secondary N) is 2. The number of amides is 1. The maximum Gasteiger partial charge on any atom is 0.230 e. The smallest absolute Gasteiger partial charge is 0.230 e. The molecule has 1 amide bonds. The molecule has 0 aliphatic heterocycles. The van der Waals surface area contributed by atoms with E-state index in [1.54, 1.807) is 0 Å². The standard InChI is InChI=1S/C14H15BrFN5O5S/c15-9-3-7(1-2-10(9)16)18-13(19-25)12-14(21-26-20-12)27-6-11(24)17-4-8(23)5-22/h1-3,8,22-23,25H,4-6H2,(H,17,24)(H,18,19)/t8-/m0/s1. The predicted octanol–water partition coefficient (Wildman–Crippen LogP) is 0.781. The number of carbonyl (C=O) groups is 1. The van der Waals surface area contributed by atoms with Crippen LogP contribution in [0.2, 0.25) is 0 Å². The van der Waals surface area contributed by atoms with Crippen molar-refractivity contribution in [3.8, 4) is 0 Å². The van der Waals surface area contributed by atoms with Gasteiger partial charge < -0.3 is 26.1 Å². The Kier molecular flexibility index (Phi) is 7.97. The maximum absolute atomic E-state index is 13.3. The number of amidine groups is 1. The molecule has 0 fully saturated rings. The molecule has 2 aromatic rings. The van der Waals surface area contributed by atoms with Crippen molar-refractivity contribution in [1.82, 2.24) is 15.6 Å². The average Bonchev–Trinajstić information content (AvgIpc) is 3.13. The van der Waals surface area contributed by atoms with Gasteiger partial charge in [-0.1, -0.05) is 16.9 Å². The molecule has 0 aliphatic rings. The molecule has 1 aromatic carbocycles. The summed E-state index contributed by atoms with van der Waals surface area (Å²) in [7, 11) is 0. The minimum Gasteiger partial charge on any atom is -0.409 e. The summed E-state index contributed by atoms with van der Waals surface area (Å²) in [5, 5.41) is 42.9. The minimum atomic E-state index is -1.05. The molecule has 5 N–H and O–H groups in total. The molecule has 10 nitrogen and oxygen atoms in total. The van der Waals surface area contributed by atoms with Gasteiger partial charge in [0.2, 0.25) is 11.7 Å². The summed E-state index contributed by atoms with van der Waals surface area (Å²) in [6.07, 6.45) is -1.05. The Labute approximate surface area is 164 Å². The zero-order valence-electron chi connectivity index (χ0n) is 13.6. The molecule has 0 spiro atoms. The van der Waals surface area contributed by atoms with E-state index in [1.807, 2.05) is 0 Å². The lowest BCUT2D eigenvalue weighted by atomic mass is 10.3. The number of thioether (sulfide) groups is 1. The first kappa shape index (κ1) is 21.1. The third-order valence-electron chi connectivity index (χ3n) is 3.05. The SMILES string of the molecule is O=C(CSc1nonc1/C(=N\O)Nc1ccc(F)c(Br)c1)NC[C@H](O)CO. The van der Waals surface area contributed by atoms with E-state index < -0.39 is 24.4 Å². The lowest BCUT2D eigenvalue weighted by Crippen LogP contribution is -2.34. The fourth-order valence-corrected chi connectivity index (χ4v) is 2.85. The van der Waals surface area contributed by atoms with Gasteiger partial charge in [-0.15, -0.1) is 0 Å². The number of hydrogen-bond acceptors (Lipinski definition) is 9. The highest BCUT2D eigenvalue weighted by Crippen LogP contribution is 2.23. The normalized spacial score (nSPS) is 12.7. The predicted molar refractivity (Wildman–Crippen MR) is 97.2 cm³/mol. The van der Waals surface area contributed by atoms with Crippen molar-refractivity contribution in [3.05, 3.63) is 34.2 Å². The number of aliphatic hydroxyl groups is 2. The molecular weight excluding hydrogens is 449 g/mol. The highest BCUT2D eigenvalue weighted by atomic mass is 79.9. The molecule has 27 heavy (non-hydrogen) atoms. The lowest BCUT2D eigenvalue weighted by Gasteiger charge is -2.09. The molecule has 2 rings (SSSR count). The second-order valence-corrected chi connectivity index (χ2v) is 6.87. The number of nitrogens with zero attached hydrogens (tertiary/aromatic N) is 3. The van der Waals surface area contributed by atoms with E-state index in [-0.39, 0.29) is 33.3 Å². The van der Waals surface area contributed by atoms with E-state index in [2.05, 4.69) is 46.7 Å². The summed E-state index contributed by atoms with van der Waals surface area (Å²) in [6.45, 7) is -0.559. The zero-order valence-corrected chi connectivity index (χ0v) is 16.0. The van der Waals surface area contributed by atoms with E-state index in [1.165, 1.54) is 18.2 Å². The van der Waals surface area contributed by atoms with Gasteiger partial charge in [0.15, 0.2) is 10.7 Å². The number of anilines is 1. The second-order valence-electron chi connectivity index (χ2n) is 5.05. The summed E-state index contributed by atoms with van der Waals surface area (Å²) >= 11 is 4.00. The van der Waals surface area contributed by atoms with Gasteiger partial charge in [0.1, 0.15) is 5.82 Å². The molecule has 1 aromatic heterocycles. The highest BCUT2D eigenvalue weighted by Gasteiger charge is 2.19. The van der Waals surface area contributed by atoms with Crippen LogP contribution in [0.5, 0.6) is 0 Å². The Morgan fingerprint density at radius 3 is 2.89 bits per heavy atom. The van der Waals surface area contributed by atoms with Crippen LogP contribution in [-0.2, 0) is 4.79 Å². The molecule has 0 radical (unpaired) electrons. The molecule has 13 heteroatoms.